The molecule has 1 aromatic rings. The molecule has 2 N–H and O–H groups in total. The number of hydrogen-bond donors (Lipinski definition) is 1. The largest absolute Gasteiger partial charge is 0.371 e. The molecule has 0 amide bonds. The minimum absolute atomic E-state index is 0.152. The summed E-state index contributed by atoms with van der Waals surface area (Å²) >= 11 is 0. The van der Waals surface area contributed by atoms with Crippen LogP contribution in [0, 0.1) is 10.1 Å². The highest BCUT2D eigenvalue weighted by Gasteiger charge is 2.17. The monoisotopic (exact) mass is 249 g/mol. The summed E-state index contributed by atoms with van der Waals surface area (Å²) in [5, 5.41) is 10.8. The molecule has 1 fully saturated rings. The van der Waals surface area contributed by atoms with Crippen LogP contribution in [-0.4, -0.2) is 24.6 Å². The SMILES string of the molecule is NCCc1cc([N+](=O)[O-])ccc1N1CCCCC1. The van der Waals surface area contributed by atoms with Gasteiger partial charge in [-0.2, -0.15) is 0 Å². The van der Waals surface area contributed by atoms with E-state index in [2.05, 4.69) is 4.90 Å². The minimum Gasteiger partial charge on any atom is -0.371 e. The van der Waals surface area contributed by atoms with Crippen LogP contribution in [0.5, 0.6) is 0 Å². The topological polar surface area (TPSA) is 72.4 Å². The second-order valence-electron chi connectivity index (χ2n) is 4.66. The first-order chi connectivity index (χ1) is 8.72. The van der Waals surface area contributed by atoms with Gasteiger partial charge in [0.05, 0.1) is 4.92 Å². The second kappa shape index (κ2) is 5.82. The van der Waals surface area contributed by atoms with Gasteiger partial charge in [-0.3, -0.25) is 10.1 Å². The van der Waals surface area contributed by atoms with Crippen molar-refractivity contribution in [2.24, 2.45) is 5.73 Å². The standard InChI is InChI=1S/C13H19N3O2/c14-7-6-11-10-12(16(17)18)4-5-13(11)15-8-2-1-3-9-15/h4-5,10H,1-3,6-9,14H2. The van der Waals surface area contributed by atoms with Gasteiger partial charge in [-0.05, 0) is 43.9 Å². The average Bonchev–Trinajstić information content (AvgIpc) is 2.40. The van der Waals surface area contributed by atoms with Crippen LogP contribution in [0.4, 0.5) is 11.4 Å². The maximum Gasteiger partial charge on any atom is 0.269 e. The van der Waals surface area contributed by atoms with Crippen molar-refractivity contribution >= 4 is 11.4 Å². The predicted octanol–water partition coefficient (Wildman–Crippen LogP) is 2.09. The van der Waals surface area contributed by atoms with Gasteiger partial charge in [0, 0.05) is 30.9 Å². The number of nitro benzene ring substituents is 1. The van der Waals surface area contributed by atoms with Crippen LogP contribution in [0.2, 0.25) is 0 Å². The fourth-order valence-electron chi connectivity index (χ4n) is 2.48. The highest BCUT2D eigenvalue weighted by molar-refractivity contribution is 5.58. The molecule has 2 rings (SSSR count). The zero-order chi connectivity index (χ0) is 13.0. The van der Waals surface area contributed by atoms with Gasteiger partial charge >= 0.3 is 0 Å². The summed E-state index contributed by atoms with van der Waals surface area (Å²) in [5.41, 5.74) is 7.86. The molecule has 1 heterocycles. The smallest absolute Gasteiger partial charge is 0.269 e. The molecule has 0 saturated carbocycles. The van der Waals surface area contributed by atoms with Gasteiger partial charge in [0.2, 0.25) is 0 Å². The highest BCUT2D eigenvalue weighted by Crippen LogP contribution is 2.28. The summed E-state index contributed by atoms with van der Waals surface area (Å²) in [6.07, 6.45) is 4.35. The summed E-state index contributed by atoms with van der Waals surface area (Å²) in [7, 11) is 0. The third-order valence-corrected chi connectivity index (χ3v) is 3.38. The summed E-state index contributed by atoms with van der Waals surface area (Å²) in [4.78, 5) is 12.8. The van der Waals surface area contributed by atoms with Crippen LogP contribution >= 0.6 is 0 Å². The third kappa shape index (κ3) is 2.79. The van der Waals surface area contributed by atoms with E-state index in [0.29, 0.717) is 13.0 Å². The van der Waals surface area contributed by atoms with Crippen molar-refractivity contribution in [3.8, 4) is 0 Å². The minimum atomic E-state index is -0.347. The molecule has 0 spiro atoms. The van der Waals surface area contributed by atoms with E-state index in [1.807, 2.05) is 6.07 Å². The maximum absolute atomic E-state index is 10.8. The van der Waals surface area contributed by atoms with E-state index >= 15 is 0 Å². The fourth-order valence-corrected chi connectivity index (χ4v) is 2.48. The second-order valence-corrected chi connectivity index (χ2v) is 4.66. The lowest BCUT2D eigenvalue weighted by atomic mass is 10.0. The number of nitrogens with zero attached hydrogens (tertiary/aromatic N) is 2. The van der Waals surface area contributed by atoms with E-state index in [9.17, 15) is 10.1 Å². The van der Waals surface area contributed by atoms with Gasteiger partial charge in [0.1, 0.15) is 0 Å². The van der Waals surface area contributed by atoms with Gasteiger partial charge in [0.15, 0.2) is 0 Å². The quantitative estimate of drug-likeness (QED) is 0.655. The molecule has 0 atom stereocenters. The zero-order valence-corrected chi connectivity index (χ0v) is 10.5. The molecule has 1 saturated heterocycles. The Kier molecular flexibility index (Phi) is 4.15. The number of anilines is 1. The molecule has 0 aliphatic carbocycles. The first kappa shape index (κ1) is 12.8. The van der Waals surface area contributed by atoms with Gasteiger partial charge in [0.25, 0.3) is 5.69 Å². The summed E-state index contributed by atoms with van der Waals surface area (Å²) < 4.78 is 0. The summed E-state index contributed by atoms with van der Waals surface area (Å²) in [6.45, 7) is 2.59. The molecule has 1 aliphatic rings. The van der Waals surface area contributed by atoms with Crippen molar-refractivity contribution in [2.45, 2.75) is 25.7 Å². The molecule has 98 valence electrons. The molecule has 0 radical (unpaired) electrons. The third-order valence-electron chi connectivity index (χ3n) is 3.38. The number of benzene rings is 1. The number of non-ortho nitro benzene ring substituents is 1. The number of piperidine rings is 1. The zero-order valence-electron chi connectivity index (χ0n) is 10.5. The van der Waals surface area contributed by atoms with Crippen LogP contribution in [0.3, 0.4) is 0 Å². The van der Waals surface area contributed by atoms with Crippen molar-refractivity contribution in [1.29, 1.82) is 0 Å². The summed E-state index contributed by atoms with van der Waals surface area (Å²) in [5.74, 6) is 0. The molecule has 5 heteroatoms. The van der Waals surface area contributed by atoms with E-state index in [1.165, 1.54) is 19.3 Å². The van der Waals surface area contributed by atoms with Crippen LogP contribution in [0.1, 0.15) is 24.8 Å². The molecule has 5 nitrogen and oxygen atoms in total. The van der Waals surface area contributed by atoms with Gasteiger partial charge in [-0.15, -0.1) is 0 Å². The van der Waals surface area contributed by atoms with Crippen LogP contribution < -0.4 is 10.6 Å². The number of hydrogen-bond acceptors (Lipinski definition) is 4. The molecule has 0 aromatic heterocycles. The Morgan fingerprint density at radius 2 is 2.00 bits per heavy atom. The Bertz CT molecular complexity index is 428. The summed E-state index contributed by atoms with van der Waals surface area (Å²) in [6, 6.07) is 5.12. The van der Waals surface area contributed by atoms with Crippen LogP contribution in [0.15, 0.2) is 18.2 Å². The first-order valence-electron chi connectivity index (χ1n) is 6.44. The van der Waals surface area contributed by atoms with Crippen molar-refractivity contribution in [3.05, 3.63) is 33.9 Å². The highest BCUT2D eigenvalue weighted by atomic mass is 16.6. The predicted molar refractivity (Wildman–Crippen MR) is 71.9 cm³/mol. The Morgan fingerprint density at radius 3 is 2.61 bits per heavy atom. The van der Waals surface area contributed by atoms with Crippen LogP contribution in [-0.2, 0) is 6.42 Å². The molecule has 18 heavy (non-hydrogen) atoms. The molecule has 0 bridgehead atoms. The van der Waals surface area contributed by atoms with E-state index in [-0.39, 0.29) is 10.6 Å². The van der Waals surface area contributed by atoms with Gasteiger partial charge in [-0.1, -0.05) is 0 Å². The Morgan fingerprint density at radius 1 is 1.28 bits per heavy atom. The van der Waals surface area contributed by atoms with E-state index < -0.39 is 0 Å². The van der Waals surface area contributed by atoms with Crippen molar-refractivity contribution in [2.75, 3.05) is 24.5 Å². The Balaban J connectivity index is 2.29. The lowest BCUT2D eigenvalue weighted by molar-refractivity contribution is -0.384. The number of nitrogens with two attached hydrogens (primary N) is 1. The lowest BCUT2D eigenvalue weighted by Gasteiger charge is -2.30. The Hall–Kier alpha value is -1.62. The van der Waals surface area contributed by atoms with E-state index in [0.717, 1.165) is 24.3 Å². The van der Waals surface area contributed by atoms with Crippen LogP contribution in [0.25, 0.3) is 0 Å². The molecular weight excluding hydrogens is 230 g/mol. The first-order valence-corrected chi connectivity index (χ1v) is 6.44. The van der Waals surface area contributed by atoms with Crippen molar-refractivity contribution < 1.29 is 4.92 Å². The molecule has 1 aliphatic heterocycles. The normalized spacial score (nSPS) is 15.7. The fraction of sp³-hybridized carbons (Fsp3) is 0.538. The molecule has 0 unspecified atom stereocenters. The maximum atomic E-state index is 10.8. The Labute approximate surface area is 107 Å². The van der Waals surface area contributed by atoms with E-state index in [4.69, 9.17) is 5.73 Å². The van der Waals surface area contributed by atoms with E-state index in [1.54, 1.807) is 12.1 Å². The van der Waals surface area contributed by atoms with Gasteiger partial charge in [-0.25, -0.2) is 0 Å². The van der Waals surface area contributed by atoms with Gasteiger partial charge < -0.3 is 10.6 Å². The lowest BCUT2D eigenvalue weighted by Crippen LogP contribution is -2.30. The van der Waals surface area contributed by atoms with Crippen molar-refractivity contribution in [3.63, 3.8) is 0 Å². The average molecular weight is 249 g/mol. The molecular formula is C13H19N3O2. The molecule has 1 aromatic carbocycles. The number of rotatable bonds is 4. The van der Waals surface area contributed by atoms with Crippen molar-refractivity contribution in [1.82, 2.24) is 0 Å². The number of nitro groups is 1.